The summed E-state index contributed by atoms with van der Waals surface area (Å²) in [7, 11) is 0. The Bertz CT molecular complexity index is 948. The Kier molecular flexibility index (Phi) is 5.15. The van der Waals surface area contributed by atoms with Crippen LogP contribution in [-0.2, 0) is 11.3 Å². The fourth-order valence-corrected chi connectivity index (χ4v) is 3.85. The van der Waals surface area contributed by atoms with Crippen molar-refractivity contribution in [3.8, 4) is 11.5 Å². The Balaban J connectivity index is 1.44. The van der Waals surface area contributed by atoms with Crippen LogP contribution in [0.15, 0.2) is 36.4 Å². The zero-order valence-corrected chi connectivity index (χ0v) is 16.1. The predicted octanol–water partition coefficient (Wildman–Crippen LogP) is 3.56. The van der Waals surface area contributed by atoms with Crippen molar-refractivity contribution in [3.63, 3.8) is 0 Å². The van der Waals surface area contributed by atoms with Crippen LogP contribution in [0.2, 0.25) is 5.02 Å². The van der Waals surface area contributed by atoms with E-state index in [4.69, 9.17) is 21.1 Å². The van der Waals surface area contributed by atoms with Gasteiger partial charge >= 0.3 is 0 Å². The molecule has 1 fully saturated rings. The number of nitrogens with one attached hydrogen (secondary N) is 1. The van der Waals surface area contributed by atoms with Crippen molar-refractivity contribution in [2.24, 2.45) is 0 Å². The van der Waals surface area contributed by atoms with Gasteiger partial charge in [0, 0.05) is 11.3 Å². The van der Waals surface area contributed by atoms with Gasteiger partial charge in [-0.25, -0.2) is 0 Å². The van der Waals surface area contributed by atoms with E-state index in [0.29, 0.717) is 41.0 Å². The summed E-state index contributed by atoms with van der Waals surface area (Å²) in [6.07, 6.45) is 0. The zero-order valence-electron chi connectivity index (χ0n) is 14.6. The number of anilines is 1. The van der Waals surface area contributed by atoms with Gasteiger partial charge in [0.15, 0.2) is 11.5 Å². The lowest BCUT2D eigenvalue weighted by molar-refractivity contribution is -0.125. The van der Waals surface area contributed by atoms with Gasteiger partial charge in [-0.1, -0.05) is 35.5 Å². The minimum absolute atomic E-state index is 0.186. The first-order valence-electron chi connectivity index (χ1n) is 8.48. The smallest absolute Gasteiger partial charge is 0.289 e. The van der Waals surface area contributed by atoms with E-state index in [-0.39, 0.29) is 29.4 Å². The van der Waals surface area contributed by atoms with Crippen LogP contribution in [0.25, 0.3) is 0 Å². The van der Waals surface area contributed by atoms with Crippen molar-refractivity contribution in [2.75, 3.05) is 24.3 Å². The molecule has 144 valence electrons. The normalized spacial score (nSPS) is 15.7. The average Bonchev–Trinajstić information content (AvgIpc) is 3.01. The van der Waals surface area contributed by atoms with Gasteiger partial charge in [0.25, 0.3) is 11.1 Å². The van der Waals surface area contributed by atoms with E-state index in [2.05, 4.69) is 5.32 Å². The first-order valence-corrected chi connectivity index (χ1v) is 9.84. The summed E-state index contributed by atoms with van der Waals surface area (Å²) >= 11 is 7.18. The number of carbonyl (C=O) groups is 3. The number of benzene rings is 2. The fraction of sp³-hybridized carbons (Fsp3) is 0.211. The van der Waals surface area contributed by atoms with Gasteiger partial charge in [0.05, 0.1) is 17.3 Å². The second-order valence-corrected chi connectivity index (χ2v) is 7.50. The zero-order chi connectivity index (χ0) is 19.7. The van der Waals surface area contributed by atoms with Gasteiger partial charge in [-0.05, 0) is 29.8 Å². The van der Waals surface area contributed by atoms with Gasteiger partial charge < -0.3 is 14.8 Å². The molecule has 28 heavy (non-hydrogen) atoms. The summed E-state index contributed by atoms with van der Waals surface area (Å²) in [6, 6.07) is 10.1. The maximum Gasteiger partial charge on any atom is 0.289 e. The van der Waals surface area contributed by atoms with Gasteiger partial charge in [-0.15, -0.1) is 0 Å². The first kappa shape index (κ1) is 18.6. The van der Waals surface area contributed by atoms with Crippen LogP contribution in [-0.4, -0.2) is 40.9 Å². The minimum Gasteiger partial charge on any atom is -0.486 e. The number of thioether (sulfide) groups is 1. The Morgan fingerprint density at radius 1 is 1.14 bits per heavy atom. The number of halogens is 1. The van der Waals surface area contributed by atoms with Gasteiger partial charge in [-0.3, -0.25) is 19.3 Å². The molecule has 7 nitrogen and oxygen atoms in total. The Labute approximate surface area is 169 Å². The largest absolute Gasteiger partial charge is 0.486 e. The topological polar surface area (TPSA) is 84.9 Å². The lowest BCUT2D eigenvalue weighted by Crippen LogP contribution is -2.27. The predicted molar refractivity (Wildman–Crippen MR) is 105 cm³/mol. The average molecular weight is 419 g/mol. The Hall–Kier alpha value is -2.71. The maximum absolute atomic E-state index is 12.5. The third-order valence-electron chi connectivity index (χ3n) is 4.25. The van der Waals surface area contributed by atoms with Crippen LogP contribution >= 0.6 is 23.4 Å². The van der Waals surface area contributed by atoms with Crippen molar-refractivity contribution in [3.05, 3.63) is 52.5 Å². The molecule has 9 heteroatoms. The van der Waals surface area contributed by atoms with E-state index in [1.54, 1.807) is 30.3 Å². The monoisotopic (exact) mass is 418 g/mol. The number of ether oxygens (including phenoxy) is 2. The molecule has 1 saturated heterocycles. The molecule has 0 unspecified atom stereocenters. The van der Waals surface area contributed by atoms with E-state index < -0.39 is 0 Å². The molecule has 0 aromatic heterocycles. The van der Waals surface area contributed by atoms with Crippen molar-refractivity contribution < 1.29 is 23.9 Å². The van der Waals surface area contributed by atoms with Gasteiger partial charge in [0.1, 0.15) is 13.2 Å². The second-order valence-electron chi connectivity index (χ2n) is 6.17. The molecule has 0 radical (unpaired) electrons. The van der Waals surface area contributed by atoms with Crippen molar-refractivity contribution >= 4 is 46.1 Å². The number of rotatable bonds is 4. The number of amides is 3. The highest BCUT2D eigenvalue weighted by atomic mass is 35.5. The van der Waals surface area contributed by atoms with Crippen LogP contribution in [0, 0.1) is 0 Å². The summed E-state index contributed by atoms with van der Waals surface area (Å²) in [5.41, 5.74) is 1.72. The Morgan fingerprint density at radius 2 is 1.89 bits per heavy atom. The highest BCUT2D eigenvalue weighted by Crippen LogP contribution is 2.38. The minimum atomic E-state index is -0.340. The molecule has 0 aliphatic carbocycles. The van der Waals surface area contributed by atoms with Crippen LogP contribution in [0.1, 0.15) is 15.9 Å². The summed E-state index contributed by atoms with van der Waals surface area (Å²) in [6.45, 7) is 1.03. The summed E-state index contributed by atoms with van der Waals surface area (Å²) in [4.78, 5) is 37.1. The highest BCUT2D eigenvalue weighted by Gasteiger charge is 2.29. The highest BCUT2D eigenvalue weighted by molar-refractivity contribution is 8.14. The molecule has 0 bridgehead atoms. The lowest BCUT2D eigenvalue weighted by atomic mass is 10.1. The molecule has 1 N–H and O–H groups in total. The molecule has 4 rings (SSSR count). The number of carbonyl (C=O) groups excluding carboxylic acids is 3. The lowest BCUT2D eigenvalue weighted by Gasteiger charge is -2.20. The van der Waals surface area contributed by atoms with Crippen LogP contribution < -0.4 is 14.8 Å². The number of fused-ring (bicyclic) bond motifs is 1. The fourth-order valence-electron chi connectivity index (χ4n) is 2.86. The van der Waals surface area contributed by atoms with E-state index >= 15 is 0 Å². The molecule has 3 amide bonds. The summed E-state index contributed by atoms with van der Waals surface area (Å²) in [5.74, 6) is 0.538. The van der Waals surface area contributed by atoms with Crippen LogP contribution in [0.3, 0.4) is 0 Å². The first-order chi connectivity index (χ1) is 13.5. The van der Waals surface area contributed by atoms with Crippen molar-refractivity contribution in [1.82, 2.24) is 4.90 Å². The molecule has 0 atom stereocenters. The number of hydrogen-bond donors (Lipinski definition) is 1. The molecular weight excluding hydrogens is 404 g/mol. The van der Waals surface area contributed by atoms with Crippen molar-refractivity contribution in [1.29, 1.82) is 0 Å². The van der Waals surface area contributed by atoms with Crippen molar-refractivity contribution in [2.45, 2.75) is 6.54 Å². The maximum atomic E-state index is 12.5. The van der Waals surface area contributed by atoms with Crippen LogP contribution in [0.4, 0.5) is 10.5 Å². The molecule has 2 heterocycles. The third kappa shape index (κ3) is 3.79. The van der Waals surface area contributed by atoms with Gasteiger partial charge in [-0.2, -0.15) is 0 Å². The molecule has 2 aromatic rings. The standard InChI is InChI=1S/C19H15ClN2O5S/c20-14-7-12(8-15-17(14)27-6-5-26-15)18(24)21-13-3-1-11(2-4-13)9-22-16(23)10-28-19(22)25/h1-4,7-8H,5-6,9-10H2,(H,21,24). The molecule has 0 spiro atoms. The SMILES string of the molecule is O=C(Nc1ccc(CN2C(=O)CSC2=O)cc1)c1cc(Cl)c2c(c1)OCCO2. The van der Waals surface area contributed by atoms with E-state index in [0.717, 1.165) is 17.3 Å². The third-order valence-corrected chi connectivity index (χ3v) is 5.39. The molecular formula is C19H15ClN2O5S. The van der Waals surface area contributed by atoms with E-state index in [1.807, 2.05) is 0 Å². The number of imide groups is 1. The number of nitrogens with zero attached hydrogens (tertiary/aromatic N) is 1. The number of hydrogen-bond acceptors (Lipinski definition) is 6. The van der Waals surface area contributed by atoms with Crippen LogP contribution in [0.5, 0.6) is 11.5 Å². The van der Waals surface area contributed by atoms with E-state index in [1.165, 1.54) is 11.0 Å². The molecule has 2 aromatic carbocycles. The quantitative estimate of drug-likeness (QED) is 0.817. The molecule has 0 saturated carbocycles. The van der Waals surface area contributed by atoms with Gasteiger partial charge in [0.2, 0.25) is 5.91 Å². The van der Waals surface area contributed by atoms with E-state index in [9.17, 15) is 14.4 Å². The molecule has 2 aliphatic rings. The molecule has 2 aliphatic heterocycles. The second kappa shape index (κ2) is 7.73. The summed E-state index contributed by atoms with van der Waals surface area (Å²) in [5, 5.41) is 2.86. The Morgan fingerprint density at radius 3 is 2.61 bits per heavy atom. The summed E-state index contributed by atoms with van der Waals surface area (Å²) < 4.78 is 10.9.